The molecule has 3 nitrogen and oxygen atoms in total. The van der Waals surface area contributed by atoms with Crippen LogP contribution < -0.4 is 0 Å². The summed E-state index contributed by atoms with van der Waals surface area (Å²) < 4.78 is 13.6. The molecule has 0 bridgehead atoms. The van der Waals surface area contributed by atoms with Gasteiger partial charge < -0.3 is 4.90 Å². The van der Waals surface area contributed by atoms with Crippen LogP contribution in [0.15, 0.2) is 53.7 Å². The fraction of sp³-hybridized carbons (Fsp3) is 0.368. The summed E-state index contributed by atoms with van der Waals surface area (Å²) >= 11 is 1.52. The fourth-order valence-electron chi connectivity index (χ4n) is 3.13. The maximum absolute atomic E-state index is 13.6. The number of pyridine rings is 1. The largest absolute Gasteiger partial charge is 0.335 e. The second-order valence-electron chi connectivity index (χ2n) is 5.98. The highest BCUT2D eigenvalue weighted by atomic mass is 32.2. The number of aromatic nitrogens is 1. The Kier molecular flexibility index (Phi) is 5.86. The van der Waals surface area contributed by atoms with Gasteiger partial charge in [-0.2, -0.15) is 0 Å². The zero-order chi connectivity index (χ0) is 16.8. The molecule has 1 saturated heterocycles. The lowest BCUT2D eigenvalue weighted by Crippen LogP contribution is -2.36. The first-order chi connectivity index (χ1) is 11.7. The number of benzene rings is 1. The molecule has 2 aromatic rings. The van der Waals surface area contributed by atoms with Gasteiger partial charge in [-0.1, -0.05) is 25.0 Å². The molecule has 126 valence electrons. The second kappa shape index (κ2) is 8.29. The van der Waals surface area contributed by atoms with Crippen LogP contribution in [0.3, 0.4) is 0 Å². The van der Waals surface area contributed by atoms with Gasteiger partial charge in [0.05, 0.1) is 11.8 Å². The molecule has 0 spiro atoms. The van der Waals surface area contributed by atoms with Crippen LogP contribution in [0.5, 0.6) is 0 Å². The number of thioether (sulfide) groups is 1. The molecule has 0 radical (unpaired) electrons. The zero-order valence-electron chi connectivity index (χ0n) is 13.5. The summed E-state index contributed by atoms with van der Waals surface area (Å²) in [4.78, 5) is 19.8. The summed E-state index contributed by atoms with van der Waals surface area (Å²) in [6, 6.07) is 10.5. The van der Waals surface area contributed by atoms with Gasteiger partial charge in [0, 0.05) is 23.8 Å². The molecule has 0 unspecified atom stereocenters. The third kappa shape index (κ3) is 4.35. The number of rotatable bonds is 4. The molecule has 3 rings (SSSR count). The number of carbonyl (C=O) groups excluding carboxylic acids is 1. The Hall–Kier alpha value is -1.88. The van der Waals surface area contributed by atoms with Crippen molar-refractivity contribution in [2.45, 2.75) is 36.6 Å². The summed E-state index contributed by atoms with van der Waals surface area (Å²) in [5.41, 5.74) is 0.902. The smallest absolute Gasteiger partial charge is 0.233 e. The Bertz CT molecular complexity index is 680. The number of amides is 1. The molecule has 1 aromatic carbocycles. The van der Waals surface area contributed by atoms with Gasteiger partial charge in [0.1, 0.15) is 5.82 Å². The van der Waals surface area contributed by atoms with Crippen LogP contribution in [-0.4, -0.2) is 28.1 Å². The summed E-state index contributed by atoms with van der Waals surface area (Å²) in [5.74, 6) is 0.277. The highest BCUT2D eigenvalue weighted by molar-refractivity contribution is 8.00. The maximum Gasteiger partial charge on any atom is 0.233 e. The lowest BCUT2D eigenvalue weighted by molar-refractivity contribution is -0.130. The van der Waals surface area contributed by atoms with Gasteiger partial charge in [0.25, 0.3) is 0 Å². The van der Waals surface area contributed by atoms with E-state index in [2.05, 4.69) is 4.98 Å². The molecular weight excluding hydrogens is 323 g/mol. The molecule has 1 amide bonds. The van der Waals surface area contributed by atoms with E-state index in [0.29, 0.717) is 5.75 Å². The number of hydrogen-bond donors (Lipinski definition) is 0. The number of nitrogens with zero attached hydrogens (tertiary/aromatic N) is 2. The van der Waals surface area contributed by atoms with Crippen molar-refractivity contribution < 1.29 is 9.18 Å². The van der Waals surface area contributed by atoms with Crippen molar-refractivity contribution in [1.29, 1.82) is 0 Å². The van der Waals surface area contributed by atoms with Gasteiger partial charge >= 0.3 is 0 Å². The minimum atomic E-state index is -0.240. The van der Waals surface area contributed by atoms with Crippen LogP contribution in [0.4, 0.5) is 4.39 Å². The van der Waals surface area contributed by atoms with Crippen LogP contribution in [0, 0.1) is 5.82 Å². The first kappa shape index (κ1) is 17.0. The summed E-state index contributed by atoms with van der Waals surface area (Å²) in [7, 11) is 0. The Morgan fingerprint density at radius 2 is 2.04 bits per heavy atom. The molecule has 0 aliphatic carbocycles. The van der Waals surface area contributed by atoms with Crippen molar-refractivity contribution in [2.75, 3.05) is 12.3 Å². The highest BCUT2D eigenvalue weighted by Gasteiger charge is 2.26. The average molecular weight is 344 g/mol. The number of halogens is 1. The third-order valence-electron chi connectivity index (χ3n) is 4.32. The molecule has 0 saturated carbocycles. The second-order valence-corrected chi connectivity index (χ2v) is 7.03. The van der Waals surface area contributed by atoms with E-state index in [1.54, 1.807) is 24.5 Å². The molecule has 2 heterocycles. The SMILES string of the molecule is O=C(CSc1ccncc1)N1CCCCC[C@@H]1c1cccc(F)c1. The van der Waals surface area contributed by atoms with Crippen molar-refractivity contribution in [3.8, 4) is 0 Å². The topological polar surface area (TPSA) is 33.2 Å². The van der Waals surface area contributed by atoms with Crippen LogP contribution in [0.25, 0.3) is 0 Å². The summed E-state index contributed by atoms with van der Waals surface area (Å²) in [6.07, 6.45) is 7.56. The third-order valence-corrected chi connectivity index (χ3v) is 5.32. The first-order valence-electron chi connectivity index (χ1n) is 8.32. The monoisotopic (exact) mass is 344 g/mol. The number of hydrogen-bond acceptors (Lipinski definition) is 3. The fourth-order valence-corrected chi connectivity index (χ4v) is 3.90. The minimum Gasteiger partial charge on any atom is -0.335 e. The first-order valence-corrected chi connectivity index (χ1v) is 9.30. The van der Waals surface area contributed by atoms with E-state index < -0.39 is 0 Å². The summed E-state index contributed by atoms with van der Waals surface area (Å²) in [6.45, 7) is 0.747. The number of likely N-dealkylation sites (tertiary alicyclic amines) is 1. The van der Waals surface area contributed by atoms with E-state index in [1.165, 1.54) is 17.8 Å². The molecule has 1 fully saturated rings. The number of carbonyl (C=O) groups is 1. The molecule has 1 atom stereocenters. The Morgan fingerprint density at radius 3 is 2.83 bits per heavy atom. The molecular formula is C19H21FN2OS. The van der Waals surface area contributed by atoms with E-state index in [9.17, 15) is 9.18 Å². The van der Waals surface area contributed by atoms with E-state index in [-0.39, 0.29) is 17.8 Å². The normalized spacial score (nSPS) is 18.2. The predicted molar refractivity (Wildman–Crippen MR) is 94.3 cm³/mol. The average Bonchev–Trinajstić information content (AvgIpc) is 2.86. The minimum absolute atomic E-state index is 0.0197. The van der Waals surface area contributed by atoms with E-state index >= 15 is 0 Å². The molecule has 0 N–H and O–H groups in total. The van der Waals surface area contributed by atoms with Gasteiger partial charge in [0.15, 0.2) is 0 Å². The van der Waals surface area contributed by atoms with Gasteiger partial charge in [-0.05, 0) is 42.7 Å². The van der Waals surface area contributed by atoms with Crippen molar-refractivity contribution in [1.82, 2.24) is 9.88 Å². The quantitative estimate of drug-likeness (QED) is 0.768. The van der Waals surface area contributed by atoms with Gasteiger partial charge in [0.2, 0.25) is 5.91 Å². The Morgan fingerprint density at radius 1 is 1.21 bits per heavy atom. The van der Waals surface area contributed by atoms with Gasteiger partial charge in [-0.15, -0.1) is 11.8 Å². The molecule has 5 heteroatoms. The van der Waals surface area contributed by atoms with Gasteiger partial charge in [-0.3, -0.25) is 9.78 Å². The lowest BCUT2D eigenvalue weighted by atomic mass is 10.0. The zero-order valence-corrected chi connectivity index (χ0v) is 14.3. The van der Waals surface area contributed by atoms with Crippen LogP contribution >= 0.6 is 11.8 Å². The van der Waals surface area contributed by atoms with E-state index in [0.717, 1.165) is 42.7 Å². The predicted octanol–water partition coefficient (Wildman–Crippen LogP) is 4.46. The molecule has 1 aromatic heterocycles. The van der Waals surface area contributed by atoms with Crippen molar-refractivity contribution in [3.63, 3.8) is 0 Å². The highest BCUT2D eigenvalue weighted by Crippen LogP contribution is 2.31. The molecule has 24 heavy (non-hydrogen) atoms. The van der Waals surface area contributed by atoms with Crippen LogP contribution in [0.1, 0.15) is 37.3 Å². The van der Waals surface area contributed by atoms with Crippen molar-refractivity contribution in [2.24, 2.45) is 0 Å². The van der Waals surface area contributed by atoms with Crippen LogP contribution in [0.2, 0.25) is 0 Å². The Balaban J connectivity index is 1.73. The van der Waals surface area contributed by atoms with Gasteiger partial charge in [-0.25, -0.2) is 4.39 Å². The lowest BCUT2D eigenvalue weighted by Gasteiger charge is -2.30. The molecule has 1 aliphatic rings. The standard InChI is InChI=1S/C19H21FN2OS/c20-16-6-4-5-15(13-16)18-7-2-1-3-12-22(18)19(23)14-24-17-8-10-21-11-9-17/h4-6,8-11,13,18H,1-3,7,12,14H2/t18-/m1/s1. The molecule has 1 aliphatic heterocycles. The van der Waals surface area contributed by atoms with Crippen molar-refractivity contribution in [3.05, 3.63) is 60.2 Å². The maximum atomic E-state index is 13.6. The van der Waals surface area contributed by atoms with E-state index in [1.807, 2.05) is 23.1 Å². The van der Waals surface area contributed by atoms with Crippen LogP contribution in [-0.2, 0) is 4.79 Å². The van der Waals surface area contributed by atoms with E-state index in [4.69, 9.17) is 0 Å². The van der Waals surface area contributed by atoms with Crippen molar-refractivity contribution >= 4 is 17.7 Å². The Labute approximate surface area is 146 Å². The summed E-state index contributed by atoms with van der Waals surface area (Å²) in [5, 5.41) is 0.